The molecule has 1 aliphatic rings. The van der Waals surface area contributed by atoms with Crippen molar-refractivity contribution in [2.24, 2.45) is 11.3 Å². The molecular weight excluding hydrogens is 224 g/mol. The maximum atomic E-state index is 5.26. The minimum absolute atomic E-state index is 0.323. The average molecular weight is 256 g/mol. The van der Waals surface area contributed by atoms with Gasteiger partial charge in [0.2, 0.25) is 0 Å². The van der Waals surface area contributed by atoms with E-state index in [1.54, 1.807) is 7.11 Å². The Morgan fingerprint density at radius 3 is 2.50 bits per heavy atom. The number of piperazine rings is 1. The number of rotatable bonds is 5. The summed E-state index contributed by atoms with van der Waals surface area (Å²) in [5.41, 5.74) is 0.323. The summed E-state index contributed by atoms with van der Waals surface area (Å²) in [5, 5.41) is 3.73. The quantitative estimate of drug-likeness (QED) is 0.817. The summed E-state index contributed by atoms with van der Waals surface area (Å²) < 4.78 is 5.26. The fourth-order valence-corrected chi connectivity index (χ4v) is 2.92. The zero-order chi connectivity index (χ0) is 13.8. The van der Waals surface area contributed by atoms with Crippen LogP contribution in [0.3, 0.4) is 0 Å². The Hall–Kier alpha value is -0.120. The first-order chi connectivity index (χ1) is 8.34. The predicted molar refractivity (Wildman–Crippen MR) is 77.9 cm³/mol. The summed E-state index contributed by atoms with van der Waals surface area (Å²) in [4.78, 5) is 2.62. The number of ether oxygens (including phenoxy) is 1. The first kappa shape index (κ1) is 15.9. The highest BCUT2D eigenvalue weighted by Crippen LogP contribution is 2.27. The zero-order valence-corrected chi connectivity index (χ0v) is 13.1. The van der Waals surface area contributed by atoms with Gasteiger partial charge in [-0.2, -0.15) is 0 Å². The molecular formula is C15H32N2O. The van der Waals surface area contributed by atoms with E-state index in [0.717, 1.165) is 32.2 Å². The lowest BCUT2D eigenvalue weighted by Gasteiger charge is -2.46. The Morgan fingerprint density at radius 2 is 2.00 bits per heavy atom. The van der Waals surface area contributed by atoms with Gasteiger partial charge in [-0.15, -0.1) is 0 Å². The van der Waals surface area contributed by atoms with Crippen LogP contribution in [-0.2, 0) is 4.74 Å². The highest BCUT2D eigenvalue weighted by Gasteiger charge is 2.35. The molecule has 0 amide bonds. The van der Waals surface area contributed by atoms with Crippen LogP contribution in [0.1, 0.15) is 41.0 Å². The molecule has 1 saturated heterocycles. The third-order valence-electron chi connectivity index (χ3n) is 3.83. The molecule has 3 nitrogen and oxygen atoms in total. The lowest BCUT2D eigenvalue weighted by atomic mass is 9.83. The molecule has 0 saturated carbocycles. The van der Waals surface area contributed by atoms with Crippen LogP contribution >= 0.6 is 0 Å². The van der Waals surface area contributed by atoms with Gasteiger partial charge < -0.3 is 10.1 Å². The second-order valence-corrected chi connectivity index (χ2v) is 7.10. The second-order valence-electron chi connectivity index (χ2n) is 7.10. The van der Waals surface area contributed by atoms with E-state index in [1.807, 2.05) is 0 Å². The van der Waals surface area contributed by atoms with Crippen molar-refractivity contribution in [1.29, 1.82) is 0 Å². The van der Waals surface area contributed by atoms with Crippen molar-refractivity contribution in [3.63, 3.8) is 0 Å². The largest absolute Gasteiger partial charge is 0.383 e. The monoisotopic (exact) mass is 256 g/mol. The van der Waals surface area contributed by atoms with Crippen molar-refractivity contribution in [1.82, 2.24) is 10.2 Å². The van der Waals surface area contributed by atoms with Crippen LogP contribution < -0.4 is 5.32 Å². The molecule has 18 heavy (non-hydrogen) atoms. The van der Waals surface area contributed by atoms with E-state index in [-0.39, 0.29) is 0 Å². The molecule has 0 spiro atoms. The maximum Gasteiger partial charge on any atom is 0.0589 e. The van der Waals surface area contributed by atoms with Crippen LogP contribution in [-0.4, -0.2) is 50.3 Å². The van der Waals surface area contributed by atoms with Gasteiger partial charge in [0.15, 0.2) is 0 Å². The van der Waals surface area contributed by atoms with Crippen molar-refractivity contribution in [2.45, 2.75) is 53.1 Å². The topological polar surface area (TPSA) is 24.5 Å². The Bertz CT molecular complexity index is 235. The van der Waals surface area contributed by atoms with Crippen LogP contribution in [0.15, 0.2) is 0 Å². The summed E-state index contributed by atoms with van der Waals surface area (Å²) >= 11 is 0. The molecule has 0 aromatic heterocycles. The van der Waals surface area contributed by atoms with Gasteiger partial charge in [0.25, 0.3) is 0 Å². The van der Waals surface area contributed by atoms with E-state index in [2.05, 4.69) is 44.8 Å². The van der Waals surface area contributed by atoms with Crippen molar-refractivity contribution in [3.05, 3.63) is 0 Å². The molecule has 3 heteroatoms. The number of nitrogens with zero attached hydrogens (tertiary/aromatic N) is 1. The van der Waals surface area contributed by atoms with E-state index in [1.165, 1.54) is 6.42 Å². The van der Waals surface area contributed by atoms with Crippen LogP contribution in [0.5, 0.6) is 0 Å². The highest BCUT2D eigenvalue weighted by atomic mass is 16.5. The van der Waals surface area contributed by atoms with Gasteiger partial charge in [-0.25, -0.2) is 0 Å². The van der Waals surface area contributed by atoms with Gasteiger partial charge in [-0.1, -0.05) is 34.6 Å². The number of hydrogen-bond acceptors (Lipinski definition) is 3. The molecule has 0 aromatic carbocycles. The molecule has 1 heterocycles. The molecule has 2 unspecified atom stereocenters. The molecule has 1 rings (SSSR count). The molecule has 0 radical (unpaired) electrons. The summed E-state index contributed by atoms with van der Waals surface area (Å²) in [5.74, 6) is 0.762. The van der Waals surface area contributed by atoms with Crippen molar-refractivity contribution >= 4 is 0 Å². The normalized spacial score (nSPS) is 26.8. The van der Waals surface area contributed by atoms with Crippen LogP contribution in [0.25, 0.3) is 0 Å². The van der Waals surface area contributed by atoms with E-state index < -0.39 is 0 Å². The SMILES string of the molecule is COCCN1CC(CC(C)C)NCC1C(C)(C)C. The van der Waals surface area contributed by atoms with Crippen molar-refractivity contribution in [3.8, 4) is 0 Å². The average Bonchev–Trinajstić information content (AvgIpc) is 2.24. The van der Waals surface area contributed by atoms with Gasteiger partial charge in [-0.05, 0) is 17.8 Å². The highest BCUT2D eigenvalue weighted by molar-refractivity contribution is 4.92. The molecule has 0 aliphatic carbocycles. The lowest BCUT2D eigenvalue weighted by Crippen LogP contribution is -2.61. The smallest absolute Gasteiger partial charge is 0.0589 e. The molecule has 108 valence electrons. The first-order valence-corrected chi connectivity index (χ1v) is 7.31. The van der Waals surface area contributed by atoms with E-state index in [9.17, 15) is 0 Å². The molecule has 2 atom stereocenters. The Morgan fingerprint density at radius 1 is 1.33 bits per heavy atom. The van der Waals surface area contributed by atoms with Gasteiger partial charge in [0.1, 0.15) is 0 Å². The number of nitrogens with one attached hydrogen (secondary N) is 1. The third-order valence-corrected chi connectivity index (χ3v) is 3.83. The summed E-state index contributed by atoms with van der Waals surface area (Å²) in [6, 6.07) is 1.25. The predicted octanol–water partition coefficient (Wildman–Crippen LogP) is 2.37. The molecule has 0 bridgehead atoms. The zero-order valence-electron chi connectivity index (χ0n) is 13.1. The number of methoxy groups -OCH3 is 1. The Balaban J connectivity index is 2.60. The molecule has 1 N–H and O–H groups in total. The summed E-state index contributed by atoms with van der Waals surface area (Å²) in [6.07, 6.45) is 1.26. The molecule has 1 fully saturated rings. The van der Waals surface area contributed by atoms with Gasteiger partial charge in [0.05, 0.1) is 6.61 Å². The van der Waals surface area contributed by atoms with Crippen LogP contribution in [0, 0.1) is 11.3 Å². The fourth-order valence-electron chi connectivity index (χ4n) is 2.92. The van der Waals surface area contributed by atoms with Crippen molar-refractivity contribution < 1.29 is 4.74 Å². The number of hydrogen-bond donors (Lipinski definition) is 1. The van der Waals surface area contributed by atoms with Gasteiger partial charge in [0, 0.05) is 38.8 Å². The van der Waals surface area contributed by atoms with Crippen molar-refractivity contribution in [2.75, 3.05) is 33.4 Å². The minimum Gasteiger partial charge on any atom is -0.383 e. The summed E-state index contributed by atoms with van der Waals surface area (Å²) in [7, 11) is 1.79. The van der Waals surface area contributed by atoms with Gasteiger partial charge in [-0.3, -0.25) is 4.90 Å². The second kappa shape index (κ2) is 6.88. The Labute approximate surface area is 113 Å². The van der Waals surface area contributed by atoms with Crippen LogP contribution in [0.2, 0.25) is 0 Å². The van der Waals surface area contributed by atoms with E-state index in [4.69, 9.17) is 4.74 Å². The standard InChI is InChI=1S/C15H32N2O/c1-12(2)9-13-11-17(7-8-18-6)14(10-16-13)15(3,4)5/h12-14,16H,7-11H2,1-6H3. The molecule has 1 aliphatic heterocycles. The van der Waals surface area contributed by atoms with E-state index in [0.29, 0.717) is 17.5 Å². The van der Waals surface area contributed by atoms with E-state index >= 15 is 0 Å². The first-order valence-electron chi connectivity index (χ1n) is 7.31. The maximum absolute atomic E-state index is 5.26. The minimum atomic E-state index is 0.323. The molecule has 0 aromatic rings. The lowest BCUT2D eigenvalue weighted by molar-refractivity contribution is 0.0313. The third kappa shape index (κ3) is 4.87. The van der Waals surface area contributed by atoms with Crippen LogP contribution in [0.4, 0.5) is 0 Å². The summed E-state index contributed by atoms with van der Waals surface area (Å²) in [6.45, 7) is 15.8. The Kier molecular flexibility index (Phi) is 6.09. The fraction of sp³-hybridized carbons (Fsp3) is 1.00. The van der Waals surface area contributed by atoms with Gasteiger partial charge >= 0.3 is 0 Å².